The molecule has 0 saturated carbocycles. The highest BCUT2D eigenvalue weighted by molar-refractivity contribution is 5.71. The zero-order valence-electron chi connectivity index (χ0n) is 10.6. The van der Waals surface area contributed by atoms with Gasteiger partial charge in [0.05, 0.1) is 13.0 Å². The normalized spacial score (nSPS) is 13.2. The van der Waals surface area contributed by atoms with Crippen LogP contribution in [0.5, 0.6) is 0 Å². The first-order chi connectivity index (χ1) is 7.92. The van der Waals surface area contributed by atoms with E-state index >= 15 is 0 Å². The predicted octanol–water partition coefficient (Wildman–Crippen LogP) is 2.49. The predicted molar refractivity (Wildman–Crippen MR) is 66.7 cm³/mol. The summed E-state index contributed by atoms with van der Waals surface area (Å²) in [7, 11) is 0. The van der Waals surface area contributed by atoms with Crippen LogP contribution in [0.3, 0.4) is 0 Å². The molecule has 1 aromatic rings. The molecule has 0 heterocycles. The molecule has 1 N–H and O–H groups in total. The topological polar surface area (TPSA) is 46.5 Å². The second kappa shape index (κ2) is 5.82. The number of hydrogen-bond donors (Lipinski definition) is 1. The van der Waals surface area contributed by atoms with Gasteiger partial charge in [-0.05, 0) is 26.3 Å². The maximum atomic E-state index is 11.7. The van der Waals surface area contributed by atoms with Gasteiger partial charge in [-0.3, -0.25) is 4.79 Å². The average molecular weight is 236 g/mol. The van der Waals surface area contributed by atoms with Crippen molar-refractivity contribution in [3.8, 4) is 0 Å². The lowest BCUT2D eigenvalue weighted by molar-refractivity contribution is -0.155. The lowest BCUT2D eigenvalue weighted by Crippen LogP contribution is -2.25. The van der Waals surface area contributed by atoms with Gasteiger partial charge >= 0.3 is 5.97 Å². The molecule has 0 saturated heterocycles. The van der Waals surface area contributed by atoms with E-state index in [1.807, 2.05) is 51.1 Å². The molecule has 0 aliphatic heterocycles. The highest BCUT2D eigenvalue weighted by Gasteiger charge is 2.20. The summed E-state index contributed by atoms with van der Waals surface area (Å²) in [4.78, 5) is 11.7. The van der Waals surface area contributed by atoms with Crippen molar-refractivity contribution < 1.29 is 14.6 Å². The first-order valence-corrected chi connectivity index (χ1v) is 5.80. The molecular weight excluding hydrogens is 216 g/mol. The largest absolute Gasteiger partial charge is 0.460 e. The van der Waals surface area contributed by atoms with Crippen molar-refractivity contribution in [2.45, 2.75) is 38.7 Å². The molecule has 3 nitrogen and oxygen atoms in total. The Morgan fingerprint density at radius 2 is 1.88 bits per heavy atom. The van der Waals surface area contributed by atoms with E-state index in [2.05, 4.69) is 0 Å². The van der Waals surface area contributed by atoms with Crippen molar-refractivity contribution >= 4 is 5.97 Å². The van der Waals surface area contributed by atoms with Crippen molar-refractivity contribution in [1.29, 1.82) is 0 Å². The summed E-state index contributed by atoms with van der Waals surface area (Å²) in [5, 5.41) is 9.32. The van der Waals surface area contributed by atoms with Gasteiger partial charge < -0.3 is 9.84 Å². The standard InChI is InChI=1S/C14H20O3/c1-14(2,3)17-13(16)9-12(10-15)11-7-5-4-6-8-11/h4-8,12,15H,9-10H2,1-3H3. The monoisotopic (exact) mass is 236 g/mol. The van der Waals surface area contributed by atoms with E-state index in [0.717, 1.165) is 5.56 Å². The van der Waals surface area contributed by atoms with Crippen LogP contribution in [0.2, 0.25) is 0 Å². The van der Waals surface area contributed by atoms with E-state index < -0.39 is 5.60 Å². The van der Waals surface area contributed by atoms with Gasteiger partial charge in [0, 0.05) is 5.92 Å². The third-order valence-electron chi connectivity index (χ3n) is 2.32. The number of aliphatic hydroxyl groups is 1. The Morgan fingerprint density at radius 3 is 2.35 bits per heavy atom. The SMILES string of the molecule is CC(C)(C)OC(=O)CC(CO)c1ccccc1. The molecule has 1 unspecified atom stereocenters. The summed E-state index contributed by atoms with van der Waals surface area (Å²) >= 11 is 0. The van der Waals surface area contributed by atoms with Gasteiger partial charge in [0.25, 0.3) is 0 Å². The van der Waals surface area contributed by atoms with Crippen LogP contribution in [-0.2, 0) is 9.53 Å². The molecule has 0 aliphatic carbocycles. The molecule has 3 heteroatoms. The van der Waals surface area contributed by atoms with E-state index in [1.165, 1.54) is 0 Å². The quantitative estimate of drug-likeness (QED) is 0.817. The third-order valence-corrected chi connectivity index (χ3v) is 2.32. The minimum atomic E-state index is -0.478. The first-order valence-electron chi connectivity index (χ1n) is 5.80. The van der Waals surface area contributed by atoms with Gasteiger partial charge in [-0.25, -0.2) is 0 Å². The van der Waals surface area contributed by atoms with Crippen LogP contribution < -0.4 is 0 Å². The second-order valence-electron chi connectivity index (χ2n) is 5.08. The van der Waals surface area contributed by atoms with Crippen molar-refractivity contribution in [1.82, 2.24) is 0 Å². The fourth-order valence-corrected chi connectivity index (χ4v) is 1.60. The van der Waals surface area contributed by atoms with Crippen LogP contribution in [0.15, 0.2) is 30.3 Å². The zero-order valence-corrected chi connectivity index (χ0v) is 10.6. The van der Waals surface area contributed by atoms with Gasteiger partial charge in [0.15, 0.2) is 0 Å². The van der Waals surface area contributed by atoms with Crippen molar-refractivity contribution in [2.75, 3.05) is 6.61 Å². The highest BCUT2D eigenvalue weighted by Crippen LogP contribution is 2.20. The maximum absolute atomic E-state index is 11.7. The molecule has 1 atom stereocenters. The highest BCUT2D eigenvalue weighted by atomic mass is 16.6. The second-order valence-corrected chi connectivity index (χ2v) is 5.08. The molecule has 17 heavy (non-hydrogen) atoms. The molecular formula is C14H20O3. The Balaban J connectivity index is 2.62. The van der Waals surface area contributed by atoms with Gasteiger partial charge in [-0.1, -0.05) is 30.3 Å². The fourth-order valence-electron chi connectivity index (χ4n) is 1.60. The first kappa shape index (κ1) is 13.7. The summed E-state index contributed by atoms with van der Waals surface area (Å²) in [6.07, 6.45) is 0.206. The molecule has 94 valence electrons. The third kappa shape index (κ3) is 5.00. The van der Waals surface area contributed by atoms with Crippen molar-refractivity contribution in [3.63, 3.8) is 0 Å². The van der Waals surface area contributed by atoms with Gasteiger partial charge in [-0.15, -0.1) is 0 Å². The molecule has 0 aromatic heterocycles. The van der Waals surface area contributed by atoms with Crippen LogP contribution in [-0.4, -0.2) is 23.3 Å². The average Bonchev–Trinajstić information content (AvgIpc) is 2.24. The van der Waals surface area contributed by atoms with E-state index in [1.54, 1.807) is 0 Å². The Kier molecular flexibility index (Phi) is 4.70. The molecule has 1 rings (SSSR count). The summed E-state index contributed by atoms with van der Waals surface area (Å²) in [6.45, 7) is 5.45. The number of carbonyl (C=O) groups is 1. The Labute approximate surface area is 102 Å². The minimum Gasteiger partial charge on any atom is -0.460 e. The molecule has 0 amide bonds. The molecule has 1 aromatic carbocycles. The summed E-state index contributed by atoms with van der Waals surface area (Å²) in [5.41, 5.74) is 0.481. The van der Waals surface area contributed by atoms with Gasteiger partial charge in [-0.2, -0.15) is 0 Å². The van der Waals surface area contributed by atoms with Gasteiger partial charge in [0.1, 0.15) is 5.60 Å². The summed E-state index contributed by atoms with van der Waals surface area (Å²) in [6, 6.07) is 9.52. The number of hydrogen-bond acceptors (Lipinski definition) is 3. The summed E-state index contributed by atoms with van der Waals surface area (Å²) in [5.74, 6) is -0.466. The number of ether oxygens (including phenoxy) is 1. The van der Waals surface area contributed by atoms with Gasteiger partial charge in [0.2, 0.25) is 0 Å². The number of aliphatic hydroxyl groups excluding tert-OH is 1. The maximum Gasteiger partial charge on any atom is 0.307 e. The Hall–Kier alpha value is -1.35. The lowest BCUT2D eigenvalue weighted by atomic mass is 9.97. The number of rotatable bonds is 4. The molecule has 0 fully saturated rings. The van der Waals surface area contributed by atoms with Crippen LogP contribution >= 0.6 is 0 Å². The molecule has 0 bridgehead atoms. The molecule has 0 radical (unpaired) electrons. The lowest BCUT2D eigenvalue weighted by Gasteiger charge is -2.21. The van der Waals surface area contributed by atoms with Crippen LogP contribution in [0, 0.1) is 0 Å². The summed E-state index contributed by atoms with van der Waals surface area (Å²) < 4.78 is 5.24. The van der Waals surface area contributed by atoms with E-state index in [-0.39, 0.29) is 24.9 Å². The zero-order chi connectivity index (χ0) is 12.9. The van der Waals surface area contributed by atoms with Crippen LogP contribution in [0.4, 0.5) is 0 Å². The van der Waals surface area contributed by atoms with Crippen molar-refractivity contribution in [3.05, 3.63) is 35.9 Å². The smallest absolute Gasteiger partial charge is 0.307 e. The Morgan fingerprint density at radius 1 is 1.29 bits per heavy atom. The van der Waals surface area contributed by atoms with E-state index in [9.17, 15) is 9.90 Å². The van der Waals surface area contributed by atoms with Crippen LogP contribution in [0.25, 0.3) is 0 Å². The van der Waals surface area contributed by atoms with E-state index in [0.29, 0.717) is 0 Å². The minimum absolute atomic E-state index is 0.0523. The number of esters is 1. The van der Waals surface area contributed by atoms with Crippen LogP contribution in [0.1, 0.15) is 38.7 Å². The number of benzene rings is 1. The Bertz CT molecular complexity index is 351. The van der Waals surface area contributed by atoms with Crippen molar-refractivity contribution in [2.24, 2.45) is 0 Å². The van der Waals surface area contributed by atoms with E-state index in [4.69, 9.17) is 4.74 Å². The molecule has 0 aliphatic rings. The number of carbonyl (C=O) groups excluding carboxylic acids is 1. The molecule has 0 spiro atoms. The fraction of sp³-hybridized carbons (Fsp3) is 0.500.